The van der Waals surface area contributed by atoms with Crippen molar-refractivity contribution in [3.63, 3.8) is 0 Å². The molecule has 2 aromatic rings. The Kier molecular flexibility index (Phi) is 4.46. The molecule has 0 radical (unpaired) electrons. The van der Waals surface area contributed by atoms with E-state index in [1.54, 1.807) is 19.0 Å². The highest BCUT2D eigenvalue weighted by Crippen LogP contribution is 2.48. The second-order valence-corrected chi connectivity index (χ2v) is 7.62. The SMILES string of the molecule is C=CC[C@]1(c2ccccc2)C(C(=O)N(C)C)=NN2c3cc(C)ccc3OC[C@H]21. The summed E-state index contributed by atoms with van der Waals surface area (Å²) in [5, 5.41) is 6.88. The minimum atomic E-state index is -0.619. The van der Waals surface area contributed by atoms with Gasteiger partial charge in [0.2, 0.25) is 0 Å². The van der Waals surface area contributed by atoms with Crippen LogP contribution in [0.5, 0.6) is 5.75 Å². The average molecular weight is 375 g/mol. The summed E-state index contributed by atoms with van der Waals surface area (Å²) < 4.78 is 6.13. The number of hydrogen-bond acceptors (Lipinski definition) is 4. The number of anilines is 1. The van der Waals surface area contributed by atoms with Crippen molar-refractivity contribution in [2.24, 2.45) is 5.10 Å². The van der Waals surface area contributed by atoms with Gasteiger partial charge in [-0.3, -0.25) is 9.80 Å². The van der Waals surface area contributed by atoms with E-state index in [-0.39, 0.29) is 11.9 Å². The maximum Gasteiger partial charge on any atom is 0.270 e. The number of nitrogens with zero attached hydrogens (tertiary/aromatic N) is 3. The van der Waals surface area contributed by atoms with Crippen LogP contribution in [0.2, 0.25) is 0 Å². The molecule has 28 heavy (non-hydrogen) atoms. The van der Waals surface area contributed by atoms with Gasteiger partial charge in [0.15, 0.2) is 0 Å². The van der Waals surface area contributed by atoms with Crippen LogP contribution in [0, 0.1) is 6.92 Å². The van der Waals surface area contributed by atoms with Crippen LogP contribution in [0.3, 0.4) is 0 Å². The van der Waals surface area contributed by atoms with Crippen LogP contribution in [0.15, 0.2) is 66.3 Å². The molecule has 144 valence electrons. The lowest BCUT2D eigenvalue weighted by atomic mass is 9.68. The molecule has 2 aromatic carbocycles. The van der Waals surface area contributed by atoms with Crippen LogP contribution in [-0.2, 0) is 10.2 Å². The number of hydrazone groups is 1. The van der Waals surface area contributed by atoms with Gasteiger partial charge in [-0.2, -0.15) is 5.10 Å². The first kappa shape index (κ1) is 18.3. The van der Waals surface area contributed by atoms with E-state index in [0.29, 0.717) is 18.7 Å². The minimum Gasteiger partial charge on any atom is -0.489 e. The Morgan fingerprint density at radius 1 is 1.32 bits per heavy atom. The van der Waals surface area contributed by atoms with E-state index in [1.165, 1.54) is 0 Å². The zero-order chi connectivity index (χ0) is 19.9. The number of amides is 1. The maximum atomic E-state index is 13.2. The first-order chi connectivity index (χ1) is 13.5. The molecule has 0 aliphatic carbocycles. The van der Waals surface area contributed by atoms with Crippen molar-refractivity contribution in [3.8, 4) is 5.75 Å². The van der Waals surface area contributed by atoms with Gasteiger partial charge in [0.25, 0.3) is 5.91 Å². The molecular weight excluding hydrogens is 350 g/mol. The summed E-state index contributed by atoms with van der Waals surface area (Å²) in [6, 6.07) is 16.1. The van der Waals surface area contributed by atoms with E-state index in [0.717, 1.165) is 22.6 Å². The van der Waals surface area contributed by atoms with Gasteiger partial charge >= 0.3 is 0 Å². The molecule has 0 N–H and O–H groups in total. The fourth-order valence-corrected chi connectivity index (χ4v) is 4.25. The summed E-state index contributed by atoms with van der Waals surface area (Å²) >= 11 is 0. The number of carbonyl (C=O) groups excluding carboxylic acids is 1. The summed E-state index contributed by atoms with van der Waals surface area (Å²) in [5.41, 5.74) is 3.00. The third-order valence-electron chi connectivity index (χ3n) is 5.62. The molecule has 5 heteroatoms. The topological polar surface area (TPSA) is 45.1 Å². The number of carbonyl (C=O) groups is 1. The summed E-state index contributed by atoms with van der Waals surface area (Å²) in [6.45, 7) is 6.49. The van der Waals surface area contributed by atoms with Crippen molar-refractivity contribution < 1.29 is 9.53 Å². The number of ether oxygens (including phenoxy) is 1. The molecule has 1 amide bonds. The summed E-state index contributed by atoms with van der Waals surface area (Å²) in [4.78, 5) is 14.8. The monoisotopic (exact) mass is 375 g/mol. The van der Waals surface area contributed by atoms with E-state index in [9.17, 15) is 4.79 Å². The Bertz CT molecular complexity index is 952. The Hall–Kier alpha value is -3.08. The Balaban J connectivity index is 1.95. The van der Waals surface area contributed by atoms with Gasteiger partial charge in [-0.1, -0.05) is 42.5 Å². The lowest BCUT2D eigenvalue weighted by molar-refractivity contribution is -0.122. The quantitative estimate of drug-likeness (QED) is 0.768. The van der Waals surface area contributed by atoms with Gasteiger partial charge in [-0.25, -0.2) is 0 Å². The molecule has 0 fully saturated rings. The molecule has 2 aliphatic heterocycles. The molecule has 0 unspecified atom stereocenters. The highest BCUT2D eigenvalue weighted by atomic mass is 16.5. The molecule has 5 nitrogen and oxygen atoms in total. The molecular formula is C23H25N3O2. The van der Waals surface area contributed by atoms with E-state index >= 15 is 0 Å². The fourth-order valence-electron chi connectivity index (χ4n) is 4.25. The maximum absolute atomic E-state index is 13.2. The first-order valence-electron chi connectivity index (χ1n) is 9.49. The standard InChI is InChI=1S/C23H25N3O2/c1-5-13-23(17-9-7-6-8-10-17)20-15-28-19-12-11-16(2)14-18(19)26(20)24-21(23)22(27)25(3)4/h5-12,14,20H,1,13,15H2,2-4H3/t20-,23+/m0/s1. The zero-order valence-corrected chi connectivity index (χ0v) is 16.6. The fraction of sp³-hybridized carbons (Fsp3) is 0.304. The number of aryl methyl sites for hydroxylation is 1. The molecule has 0 bridgehead atoms. The lowest BCUT2D eigenvalue weighted by Gasteiger charge is -2.41. The average Bonchev–Trinajstić information content (AvgIpc) is 3.04. The Labute approximate surface area is 165 Å². The molecule has 2 aliphatic rings. The predicted octanol–water partition coefficient (Wildman–Crippen LogP) is 3.53. The highest BCUT2D eigenvalue weighted by molar-refractivity contribution is 6.43. The molecule has 0 aromatic heterocycles. The Morgan fingerprint density at radius 3 is 2.75 bits per heavy atom. The van der Waals surface area contributed by atoms with Crippen molar-refractivity contribution >= 4 is 17.3 Å². The van der Waals surface area contributed by atoms with Crippen LogP contribution in [0.1, 0.15) is 17.5 Å². The summed E-state index contributed by atoms with van der Waals surface area (Å²) in [5.74, 6) is 0.707. The number of hydrogen-bond donors (Lipinski definition) is 0. The van der Waals surface area contributed by atoms with Gasteiger partial charge in [0.1, 0.15) is 29.8 Å². The lowest BCUT2D eigenvalue weighted by Crippen LogP contribution is -2.54. The van der Waals surface area contributed by atoms with Crippen molar-refractivity contribution in [1.82, 2.24) is 4.90 Å². The van der Waals surface area contributed by atoms with E-state index < -0.39 is 5.41 Å². The van der Waals surface area contributed by atoms with Gasteiger partial charge < -0.3 is 9.64 Å². The number of fused-ring (bicyclic) bond motifs is 3. The van der Waals surface area contributed by atoms with Crippen molar-refractivity contribution in [1.29, 1.82) is 0 Å². The predicted molar refractivity (Wildman–Crippen MR) is 112 cm³/mol. The highest BCUT2D eigenvalue weighted by Gasteiger charge is 2.56. The Morgan fingerprint density at radius 2 is 2.07 bits per heavy atom. The molecule has 4 rings (SSSR count). The summed E-state index contributed by atoms with van der Waals surface area (Å²) in [6.07, 6.45) is 2.47. The zero-order valence-electron chi connectivity index (χ0n) is 16.6. The van der Waals surface area contributed by atoms with Gasteiger partial charge in [0, 0.05) is 14.1 Å². The molecule has 0 saturated heterocycles. The van der Waals surface area contributed by atoms with E-state index in [1.807, 2.05) is 48.3 Å². The molecule has 2 atom stereocenters. The first-order valence-corrected chi connectivity index (χ1v) is 9.49. The van der Waals surface area contributed by atoms with Crippen molar-refractivity contribution in [2.75, 3.05) is 25.7 Å². The second kappa shape index (κ2) is 6.82. The van der Waals surface area contributed by atoms with E-state index in [2.05, 4.69) is 24.8 Å². The summed E-state index contributed by atoms with van der Waals surface area (Å²) in [7, 11) is 3.53. The second-order valence-electron chi connectivity index (χ2n) is 7.62. The van der Waals surface area contributed by atoms with Crippen LogP contribution in [-0.4, -0.2) is 43.3 Å². The molecule has 0 saturated carbocycles. The molecule has 0 spiro atoms. The smallest absolute Gasteiger partial charge is 0.270 e. The number of allylic oxidation sites excluding steroid dienone is 1. The largest absolute Gasteiger partial charge is 0.489 e. The van der Waals surface area contributed by atoms with Crippen LogP contribution in [0.25, 0.3) is 0 Å². The third kappa shape index (κ3) is 2.61. The van der Waals surface area contributed by atoms with Gasteiger partial charge in [-0.15, -0.1) is 6.58 Å². The molecule has 2 heterocycles. The van der Waals surface area contributed by atoms with Crippen LogP contribution in [0.4, 0.5) is 5.69 Å². The van der Waals surface area contributed by atoms with Crippen LogP contribution < -0.4 is 9.75 Å². The third-order valence-corrected chi connectivity index (χ3v) is 5.62. The normalized spacial score (nSPS) is 22.6. The van der Waals surface area contributed by atoms with Crippen molar-refractivity contribution in [2.45, 2.75) is 24.8 Å². The van der Waals surface area contributed by atoms with Crippen molar-refractivity contribution in [3.05, 3.63) is 72.3 Å². The van der Waals surface area contributed by atoms with Crippen LogP contribution >= 0.6 is 0 Å². The minimum absolute atomic E-state index is 0.0886. The van der Waals surface area contributed by atoms with Gasteiger partial charge in [0.05, 0.1) is 5.41 Å². The van der Waals surface area contributed by atoms with E-state index in [4.69, 9.17) is 9.84 Å². The van der Waals surface area contributed by atoms with Gasteiger partial charge in [-0.05, 0) is 36.6 Å². The number of benzene rings is 2. The number of rotatable bonds is 4.